The molecule has 24 heavy (non-hydrogen) atoms. The van der Waals surface area contributed by atoms with E-state index in [1.54, 1.807) is 0 Å². The smallest absolute Gasteiger partial charge is 0.133 e. The van der Waals surface area contributed by atoms with E-state index in [4.69, 9.17) is 4.98 Å². The maximum atomic E-state index is 11.9. The maximum absolute atomic E-state index is 11.9. The number of Topliss-reactive ketones (excluding diaryl/α,β-unsaturated/α-hetero) is 1. The Labute approximate surface area is 145 Å². The number of aromatic nitrogens is 2. The first-order chi connectivity index (χ1) is 11.0. The molecule has 2 unspecified atom stereocenters. The van der Waals surface area contributed by atoms with Gasteiger partial charge in [0.2, 0.25) is 0 Å². The fourth-order valence-corrected chi connectivity index (χ4v) is 4.65. The lowest BCUT2D eigenvalue weighted by molar-refractivity contribution is -0.123. The SMILES string of the molecule is C.Cc1ccccc1-n1c(C)nc2c1CCC1CC(=O)CCC21C. The minimum absolute atomic E-state index is 0. The Balaban J connectivity index is 0.00000169. The van der Waals surface area contributed by atoms with Gasteiger partial charge in [-0.1, -0.05) is 32.5 Å². The first-order valence-electron chi connectivity index (χ1n) is 8.67. The fraction of sp³-hybridized carbons (Fsp3) is 0.524. The van der Waals surface area contributed by atoms with Crippen LogP contribution in [0.5, 0.6) is 0 Å². The highest BCUT2D eigenvalue weighted by molar-refractivity contribution is 5.80. The number of nitrogens with zero attached hydrogens (tertiary/aromatic N) is 2. The molecule has 128 valence electrons. The van der Waals surface area contributed by atoms with Crippen molar-refractivity contribution in [1.82, 2.24) is 9.55 Å². The number of aryl methyl sites for hydroxylation is 2. The Morgan fingerprint density at radius 1 is 1.21 bits per heavy atom. The number of benzene rings is 1. The van der Waals surface area contributed by atoms with Crippen molar-refractivity contribution in [3.63, 3.8) is 0 Å². The van der Waals surface area contributed by atoms with Gasteiger partial charge in [0.05, 0.1) is 5.69 Å². The van der Waals surface area contributed by atoms with Crippen molar-refractivity contribution in [2.24, 2.45) is 5.92 Å². The van der Waals surface area contributed by atoms with Crippen LogP contribution in [0, 0.1) is 19.8 Å². The van der Waals surface area contributed by atoms with Crippen LogP contribution in [0.3, 0.4) is 0 Å². The number of imidazole rings is 1. The zero-order valence-corrected chi connectivity index (χ0v) is 14.2. The molecule has 1 aromatic carbocycles. The predicted molar refractivity (Wildman–Crippen MR) is 97.8 cm³/mol. The lowest BCUT2D eigenvalue weighted by Crippen LogP contribution is -2.42. The predicted octanol–water partition coefficient (Wildman–Crippen LogP) is 4.70. The Hall–Kier alpha value is -1.90. The van der Waals surface area contributed by atoms with Gasteiger partial charge in [0, 0.05) is 29.6 Å². The molecule has 2 aliphatic rings. The van der Waals surface area contributed by atoms with E-state index >= 15 is 0 Å². The maximum Gasteiger partial charge on any atom is 0.133 e. The van der Waals surface area contributed by atoms with Gasteiger partial charge in [-0.25, -0.2) is 4.98 Å². The molecule has 4 rings (SSSR count). The molecular formula is C21H28N2O. The number of para-hydroxylation sites is 1. The van der Waals surface area contributed by atoms with Gasteiger partial charge in [-0.2, -0.15) is 0 Å². The van der Waals surface area contributed by atoms with Crippen LogP contribution in [0.15, 0.2) is 24.3 Å². The molecule has 0 N–H and O–H groups in total. The minimum atomic E-state index is 0. The topological polar surface area (TPSA) is 34.9 Å². The normalized spacial score (nSPS) is 25.6. The molecule has 1 aromatic heterocycles. The summed E-state index contributed by atoms with van der Waals surface area (Å²) < 4.78 is 2.35. The summed E-state index contributed by atoms with van der Waals surface area (Å²) in [6.07, 6.45) is 4.53. The summed E-state index contributed by atoms with van der Waals surface area (Å²) in [5.74, 6) is 1.98. The van der Waals surface area contributed by atoms with Crippen molar-refractivity contribution in [3.05, 3.63) is 47.0 Å². The van der Waals surface area contributed by atoms with Crippen molar-refractivity contribution in [3.8, 4) is 5.69 Å². The van der Waals surface area contributed by atoms with Gasteiger partial charge in [0.1, 0.15) is 11.6 Å². The van der Waals surface area contributed by atoms with Crippen molar-refractivity contribution >= 4 is 5.78 Å². The second-order valence-electron chi connectivity index (χ2n) is 7.47. The molecule has 1 saturated carbocycles. The van der Waals surface area contributed by atoms with E-state index in [0.717, 1.165) is 31.5 Å². The molecule has 2 atom stereocenters. The van der Waals surface area contributed by atoms with Crippen molar-refractivity contribution in [1.29, 1.82) is 0 Å². The lowest BCUT2D eigenvalue weighted by Gasteiger charge is -2.43. The number of ketones is 1. The third-order valence-corrected chi connectivity index (χ3v) is 6.07. The van der Waals surface area contributed by atoms with E-state index in [-0.39, 0.29) is 12.8 Å². The zero-order valence-electron chi connectivity index (χ0n) is 14.2. The van der Waals surface area contributed by atoms with E-state index in [0.29, 0.717) is 18.1 Å². The fourth-order valence-electron chi connectivity index (χ4n) is 4.65. The Morgan fingerprint density at radius 2 is 1.96 bits per heavy atom. The largest absolute Gasteiger partial charge is 0.300 e. The van der Waals surface area contributed by atoms with E-state index in [2.05, 4.69) is 49.6 Å². The van der Waals surface area contributed by atoms with E-state index < -0.39 is 0 Å². The molecule has 3 heteroatoms. The quantitative estimate of drug-likeness (QED) is 0.762. The van der Waals surface area contributed by atoms with Gasteiger partial charge in [-0.05, 0) is 50.7 Å². The van der Waals surface area contributed by atoms with Gasteiger partial charge < -0.3 is 4.57 Å². The highest BCUT2D eigenvalue weighted by atomic mass is 16.1. The first kappa shape index (κ1) is 16.9. The standard InChI is InChI=1S/C20H24N2O.CH4/c1-13-6-4-5-7-17(13)22-14(2)21-19-18(22)9-8-15-12-16(23)10-11-20(15,19)3;/h4-7,15H,8-12H2,1-3H3;1H4. The van der Waals surface area contributed by atoms with Crippen molar-refractivity contribution in [2.45, 2.75) is 65.7 Å². The number of rotatable bonds is 1. The average molecular weight is 324 g/mol. The molecule has 0 spiro atoms. The number of hydrogen-bond donors (Lipinski definition) is 0. The minimum Gasteiger partial charge on any atom is -0.300 e. The van der Waals surface area contributed by atoms with Crippen LogP contribution >= 0.6 is 0 Å². The Kier molecular flexibility index (Phi) is 4.15. The van der Waals surface area contributed by atoms with Crippen LogP contribution in [0.2, 0.25) is 0 Å². The summed E-state index contributed by atoms with van der Waals surface area (Å²) >= 11 is 0. The van der Waals surface area contributed by atoms with Crippen LogP contribution in [0.1, 0.15) is 62.8 Å². The highest BCUT2D eigenvalue weighted by Crippen LogP contribution is 2.49. The first-order valence-corrected chi connectivity index (χ1v) is 8.67. The van der Waals surface area contributed by atoms with Crippen molar-refractivity contribution in [2.75, 3.05) is 0 Å². The zero-order chi connectivity index (χ0) is 16.2. The van der Waals surface area contributed by atoms with E-state index in [9.17, 15) is 4.79 Å². The van der Waals surface area contributed by atoms with Crippen LogP contribution in [-0.4, -0.2) is 15.3 Å². The number of carbonyl (C=O) groups excluding carboxylic acids is 1. The van der Waals surface area contributed by atoms with Crippen LogP contribution in [0.4, 0.5) is 0 Å². The van der Waals surface area contributed by atoms with Crippen LogP contribution < -0.4 is 0 Å². The molecule has 2 aromatic rings. The van der Waals surface area contributed by atoms with Crippen LogP contribution in [0.25, 0.3) is 5.69 Å². The Bertz CT molecular complexity index is 789. The second-order valence-corrected chi connectivity index (χ2v) is 7.47. The van der Waals surface area contributed by atoms with Gasteiger partial charge >= 0.3 is 0 Å². The molecule has 0 bridgehead atoms. The Morgan fingerprint density at radius 3 is 2.71 bits per heavy atom. The average Bonchev–Trinajstić information content (AvgIpc) is 2.86. The van der Waals surface area contributed by atoms with Crippen molar-refractivity contribution < 1.29 is 4.79 Å². The summed E-state index contributed by atoms with van der Waals surface area (Å²) in [5, 5.41) is 0. The molecule has 0 saturated heterocycles. The van der Waals surface area contributed by atoms with Gasteiger partial charge in [0.15, 0.2) is 0 Å². The summed E-state index contributed by atoms with van der Waals surface area (Å²) in [5.41, 5.74) is 5.21. The third kappa shape index (κ3) is 2.33. The molecule has 1 heterocycles. The molecule has 0 aliphatic heterocycles. The monoisotopic (exact) mass is 324 g/mol. The molecule has 3 nitrogen and oxygen atoms in total. The van der Waals surface area contributed by atoms with E-state index in [1.165, 1.54) is 22.6 Å². The summed E-state index contributed by atoms with van der Waals surface area (Å²) in [6, 6.07) is 8.53. The molecule has 0 amide bonds. The molecule has 2 aliphatic carbocycles. The lowest BCUT2D eigenvalue weighted by atomic mass is 9.60. The summed E-state index contributed by atoms with van der Waals surface area (Å²) in [7, 11) is 0. The summed E-state index contributed by atoms with van der Waals surface area (Å²) in [6.45, 7) is 6.60. The van der Waals surface area contributed by atoms with E-state index in [1.807, 2.05) is 0 Å². The number of fused-ring (bicyclic) bond motifs is 3. The van der Waals surface area contributed by atoms with Gasteiger partial charge in [0.25, 0.3) is 0 Å². The second kappa shape index (κ2) is 5.87. The number of carbonyl (C=O) groups is 1. The van der Waals surface area contributed by atoms with Gasteiger partial charge in [-0.3, -0.25) is 4.79 Å². The highest BCUT2D eigenvalue weighted by Gasteiger charge is 2.46. The van der Waals surface area contributed by atoms with Gasteiger partial charge in [-0.15, -0.1) is 0 Å². The molecule has 1 fully saturated rings. The summed E-state index contributed by atoms with van der Waals surface area (Å²) in [4.78, 5) is 16.9. The third-order valence-electron chi connectivity index (χ3n) is 6.07. The van der Waals surface area contributed by atoms with Crippen LogP contribution in [-0.2, 0) is 16.6 Å². The number of hydrogen-bond acceptors (Lipinski definition) is 2. The molecular weight excluding hydrogens is 296 g/mol. The molecule has 0 radical (unpaired) electrons.